The summed E-state index contributed by atoms with van der Waals surface area (Å²) in [6.07, 6.45) is -0.813. The Morgan fingerprint density at radius 2 is 2.00 bits per heavy atom. The van der Waals surface area contributed by atoms with Gasteiger partial charge in [-0.1, -0.05) is 37.3 Å². The van der Waals surface area contributed by atoms with Crippen molar-refractivity contribution in [2.45, 2.75) is 19.6 Å². The van der Waals surface area contributed by atoms with Crippen molar-refractivity contribution < 1.29 is 9.90 Å². The van der Waals surface area contributed by atoms with Crippen LogP contribution in [0.3, 0.4) is 0 Å². The number of Topliss-reactive ketones (excluding diaryl/α,β-unsaturated/α-hetero) is 1. The van der Waals surface area contributed by atoms with Crippen LogP contribution in [0.25, 0.3) is 0 Å². The number of hydrogen-bond donors (Lipinski definition) is 1. The number of benzene rings is 1. The first-order valence-corrected chi connectivity index (χ1v) is 5.65. The van der Waals surface area contributed by atoms with Gasteiger partial charge >= 0.3 is 0 Å². The number of ketones is 1. The van der Waals surface area contributed by atoms with E-state index in [0.29, 0.717) is 6.54 Å². The van der Waals surface area contributed by atoms with Crippen molar-refractivity contribution in [2.75, 3.05) is 13.1 Å². The Bertz CT molecular complexity index is 349. The number of hydrogen-bond acceptors (Lipinski definition) is 3. The van der Waals surface area contributed by atoms with Crippen LogP contribution < -0.4 is 0 Å². The van der Waals surface area contributed by atoms with Crippen LogP contribution in [0.15, 0.2) is 30.3 Å². The third-order valence-corrected chi connectivity index (χ3v) is 3.03. The molecule has 0 bridgehead atoms. The highest BCUT2D eigenvalue weighted by Gasteiger charge is 2.30. The fraction of sp³-hybridized carbons (Fsp3) is 0.462. The summed E-state index contributed by atoms with van der Waals surface area (Å²) < 4.78 is 0. The standard InChI is InChI=1S/C13H17NO2/c1-10-7-14(9-12(15)13(10)16)8-11-5-3-2-4-6-11/h2-6,10,12,15H,7-9H2,1H3. The number of nitrogens with zero attached hydrogens (tertiary/aromatic N) is 1. The summed E-state index contributed by atoms with van der Waals surface area (Å²) in [6.45, 7) is 3.88. The SMILES string of the molecule is CC1CN(Cc2ccccc2)CC(O)C1=O. The molecule has 3 nitrogen and oxygen atoms in total. The molecule has 1 N–H and O–H groups in total. The van der Waals surface area contributed by atoms with Crippen molar-refractivity contribution in [2.24, 2.45) is 5.92 Å². The van der Waals surface area contributed by atoms with E-state index < -0.39 is 6.10 Å². The lowest BCUT2D eigenvalue weighted by molar-refractivity contribution is -0.136. The van der Waals surface area contributed by atoms with E-state index in [2.05, 4.69) is 17.0 Å². The predicted molar refractivity (Wildman–Crippen MR) is 61.9 cm³/mol. The van der Waals surface area contributed by atoms with Crippen molar-refractivity contribution in [1.82, 2.24) is 4.90 Å². The lowest BCUT2D eigenvalue weighted by Gasteiger charge is -2.32. The van der Waals surface area contributed by atoms with Crippen molar-refractivity contribution in [3.63, 3.8) is 0 Å². The van der Waals surface area contributed by atoms with Gasteiger partial charge in [0.25, 0.3) is 0 Å². The van der Waals surface area contributed by atoms with Crippen LogP contribution in [-0.4, -0.2) is 35.0 Å². The normalized spacial score (nSPS) is 27.0. The molecular formula is C13H17NO2. The number of aliphatic hydroxyl groups excluding tert-OH is 1. The van der Waals surface area contributed by atoms with Crippen LogP contribution in [0, 0.1) is 5.92 Å². The van der Waals surface area contributed by atoms with Gasteiger partial charge in [-0.3, -0.25) is 9.69 Å². The van der Waals surface area contributed by atoms with Gasteiger partial charge in [-0.2, -0.15) is 0 Å². The Morgan fingerprint density at radius 1 is 1.31 bits per heavy atom. The van der Waals surface area contributed by atoms with Crippen LogP contribution in [0.1, 0.15) is 12.5 Å². The molecule has 1 aliphatic rings. The first kappa shape index (κ1) is 11.3. The minimum atomic E-state index is -0.813. The maximum absolute atomic E-state index is 11.4. The second-order valence-electron chi connectivity index (χ2n) is 4.50. The summed E-state index contributed by atoms with van der Waals surface area (Å²) in [4.78, 5) is 13.6. The van der Waals surface area contributed by atoms with Gasteiger partial charge in [0.05, 0.1) is 0 Å². The molecule has 1 aromatic carbocycles. The van der Waals surface area contributed by atoms with Crippen molar-refractivity contribution in [3.8, 4) is 0 Å². The molecule has 0 radical (unpaired) electrons. The van der Waals surface area contributed by atoms with Crippen LogP contribution in [0.5, 0.6) is 0 Å². The Kier molecular flexibility index (Phi) is 3.36. The van der Waals surface area contributed by atoms with E-state index in [1.54, 1.807) is 0 Å². The molecule has 1 saturated heterocycles. The van der Waals surface area contributed by atoms with E-state index >= 15 is 0 Å². The van der Waals surface area contributed by atoms with Gasteiger partial charge in [-0.05, 0) is 5.56 Å². The third kappa shape index (κ3) is 2.49. The largest absolute Gasteiger partial charge is 0.384 e. The van der Waals surface area contributed by atoms with Gasteiger partial charge < -0.3 is 5.11 Å². The lowest BCUT2D eigenvalue weighted by Crippen LogP contribution is -2.48. The topological polar surface area (TPSA) is 40.5 Å². The quantitative estimate of drug-likeness (QED) is 0.809. The number of carbonyl (C=O) groups is 1. The first-order chi connectivity index (χ1) is 7.66. The maximum atomic E-state index is 11.4. The number of piperidine rings is 1. The molecule has 2 atom stereocenters. The number of β-amino-alcohol motifs (C(OH)–C–C–N with tert-alkyl or cyclic N) is 1. The molecule has 1 aliphatic heterocycles. The summed E-state index contributed by atoms with van der Waals surface area (Å²) in [5.74, 6) is -0.0863. The average molecular weight is 219 g/mol. The molecule has 3 heteroatoms. The first-order valence-electron chi connectivity index (χ1n) is 5.65. The molecule has 2 rings (SSSR count). The zero-order valence-corrected chi connectivity index (χ0v) is 9.47. The fourth-order valence-electron chi connectivity index (χ4n) is 2.19. The van der Waals surface area contributed by atoms with Gasteiger partial charge in [-0.15, -0.1) is 0 Å². The Balaban J connectivity index is 1.99. The zero-order chi connectivity index (χ0) is 11.5. The minimum absolute atomic E-state index is 0.0238. The van der Waals surface area contributed by atoms with Crippen molar-refractivity contribution >= 4 is 5.78 Å². The number of aliphatic hydroxyl groups is 1. The van der Waals surface area contributed by atoms with Gasteiger partial charge in [-0.25, -0.2) is 0 Å². The number of rotatable bonds is 2. The van der Waals surface area contributed by atoms with E-state index in [9.17, 15) is 9.90 Å². The van der Waals surface area contributed by atoms with Gasteiger partial charge in [0.2, 0.25) is 0 Å². The fourth-order valence-corrected chi connectivity index (χ4v) is 2.19. The Hall–Kier alpha value is -1.19. The summed E-state index contributed by atoms with van der Waals surface area (Å²) in [5, 5.41) is 9.61. The molecule has 0 spiro atoms. The molecular weight excluding hydrogens is 202 g/mol. The molecule has 1 heterocycles. The van der Waals surface area contributed by atoms with Crippen molar-refractivity contribution in [3.05, 3.63) is 35.9 Å². The van der Waals surface area contributed by atoms with E-state index in [1.807, 2.05) is 25.1 Å². The molecule has 0 amide bonds. The van der Waals surface area contributed by atoms with Crippen LogP contribution in [0.4, 0.5) is 0 Å². The summed E-state index contributed by atoms with van der Waals surface area (Å²) in [6, 6.07) is 10.1. The molecule has 86 valence electrons. The Morgan fingerprint density at radius 3 is 2.62 bits per heavy atom. The second-order valence-corrected chi connectivity index (χ2v) is 4.50. The third-order valence-electron chi connectivity index (χ3n) is 3.03. The summed E-state index contributed by atoms with van der Waals surface area (Å²) >= 11 is 0. The number of carbonyl (C=O) groups excluding carboxylic acids is 1. The predicted octanol–water partition coefficient (Wildman–Crippen LogP) is 1.07. The highest BCUT2D eigenvalue weighted by atomic mass is 16.3. The minimum Gasteiger partial charge on any atom is -0.384 e. The number of likely N-dealkylation sites (tertiary alicyclic amines) is 1. The molecule has 2 unspecified atom stereocenters. The molecule has 0 aliphatic carbocycles. The van der Waals surface area contributed by atoms with Gasteiger partial charge in [0.15, 0.2) is 5.78 Å². The Labute approximate surface area is 95.7 Å². The highest BCUT2D eigenvalue weighted by molar-refractivity contribution is 5.86. The molecule has 16 heavy (non-hydrogen) atoms. The second kappa shape index (κ2) is 4.76. The van der Waals surface area contributed by atoms with Crippen molar-refractivity contribution in [1.29, 1.82) is 0 Å². The van der Waals surface area contributed by atoms with Crippen LogP contribution >= 0.6 is 0 Å². The monoisotopic (exact) mass is 219 g/mol. The van der Waals surface area contributed by atoms with E-state index in [0.717, 1.165) is 13.1 Å². The summed E-state index contributed by atoms with van der Waals surface area (Å²) in [7, 11) is 0. The molecule has 1 aromatic rings. The average Bonchev–Trinajstić information content (AvgIpc) is 2.27. The van der Waals surface area contributed by atoms with Gasteiger partial charge in [0, 0.05) is 25.6 Å². The molecule has 1 fully saturated rings. The van der Waals surface area contributed by atoms with Crippen LogP contribution in [-0.2, 0) is 11.3 Å². The zero-order valence-electron chi connectivity index (χ0n) is 9.47. The maximum Gasteiger partial charge on any atom is 0.166 e. The summed E-state index contributed by atoms with van der Waals surface area (Å²) in [5.41, 5.74) is 1.22. The molecule has 0 saturated carbocycles. The lowest BCUT2D eigenvalue weighted by atomic mass is 9.96. The van der Waals surface area contributed by atoms with Crippen LogP contribution in [0.2, 0.25) is 0 Å². The highest BCUT2D eigenvalue weighted by Crippen LogP contribution is 2.15. The molecule has 0 aromatic heterocycles. The van der Waals surface area contributed by atoms with Gasteiger partial charge in [0.1, 0.15) is 6.10 Å². The van der Waals surface area contributed by atoms with E-state index in [-0.39, 0.29) is 11.7 Å². The smallest absolute Gasteiger partial charge is 0.166 e. The van der Waals surface area contributed by atoms with E-state index in [1.165, 1.54) is 5.56 Å². The van der Waals surface area contributed by atoms with E-state index in [4.69, 9.17) is 0 Å².